The molecule has 0 radical (unpaired) electrons. The Hall–Kier alpha value is -1.82. The second-order valence-electron chi connectivity index (χ2n) is 4.07. The van der Waals surface area contributed by atoms with Crippen LogP contribution in [0.2, 0.25) is 0 Å². The van der Waals surface area contributed by atoms with Gasteiger partial charge in [0, 0.05) is 25.8 Å². The van der Waals surface area contributed by atoms with E-state index >= 15 is 0 Å². The molecular formula is C12H18N4O2. The number of nitrogens with two attached hydrogens (primary N) is 1. The molecule has 98 valence electrons. The van der Waals surface area contributed by atoms with Crippen molar-refractivity contribution in [3.8, 4) is 5.75 Å². The average Bonchev–Trinajstić information content (AvgIpc) is 2.40. The number of hydrogen-bond donors (Lipinski definition) is 2. The van der Waals surface area contributed by atoms with Crippen LogP contribution in [-0.4, -0.2) is 43.2 Å². The topological polar surface area (TPSA) is 80.5 Å². The van der Waals surface area contributed by atoms with Crippen LogP contribution in [-0.2, 0) is 4.79 Å². The maximum atomic E-state index is 11.5. The van der Waals surface area contributed by atoms with E-state index in [0.717, 1.165) is 6.54 Å². The molecule has 6 nitrogen and oxygen atoms in total. The first-order valence-electron chi connectivity index (χ1n) is 6.08. The number of nitrogens with zero attached hydrogens (tertiary/aromatic N) is 2. The van der Waals surface area contributed by atoms with Crippen LogP contribution in [0.25, 0.3) is 0 Å². The average molecular weight is 250 g/mol. The monoisotopic (exact) mass is 250 g/mol. The molecule has 0 aromatic carbocycles. The van der Waals surface area contributed by atoms with Crippen LogP contribution >= 0.6 is 0 Å². The zero-order chi connectivity index (χ0) is 13.0. The van der Waals surface area contributed by atoms with Gasteiger partial charge in [-0.3, -0.25) is 4.79 Å². The van der Waals surface area contributed by atoms with E-state index in [-0.39, 0.29) is 11.9 Å². The van der Waals surface area contributed by atoms with Crippen molar-refractivity contribution in [3.05, 3.63) is 18.3 Å². The fourth-order valence-corrected chi connectivity index (χ4v) is 2.08. The fraction of sp³-hybridized carbons (Fsp3) is 0.500. The first-order valence-corrected chi connectivity index (χ1v) is 6.08. The molecule has 1 atom stereocenters. The Labute approximate surface area is 106 Å². The molecule has 0 saturated carbocycles. The van der Waals surface area contributed by atoms with Gasteiger partial charge < -0.3 is 20.7 Å². The zero-order valence-electron chi connectivity index (χ0n) is 10.4. The zero-order valence-corrected chi connectivity index (χ0v) is 10.4. The molecular weight excluding hydrogens is 232 g/mol. The molecule has 1 unspecified atom stereocenters. The van der Waals surface area contributed by atoms with Gasteiger partial charge in [-0.25, -0.2) is 4.98 Å². The first kappa shape index (κ1) is 12.6. The van der Waals surface area contributed by atoms with Crippen molar-refractivity contribution >= 4 is 11.7 Å². The lowest BCUT2D eigenvalue weighted by Gasteiger charge is -2.35. The first-order chi connectivity index (χ1) is 8.74. The summed E-state index contributed by atoms with van der Waals surface area (Å²) in [5.41, 5.74) is 5.43. The van der Waals surface area contributed by atoms with Crippen molar-refractivity contribution < 1.29 is 9.53 Å². The third-order valence-electron chi connectivity index (χ3n) is 2.89. The maximum Gasteiger partial charge on any atom is 0.241 e. The largest absolute Gasteiger partial charge is 0.490 e. The summed E-state index contributed by atoms with van der Waals surface area (Å²) in [7, 11) is 0. The molecule has 2 heterocycles. The van der Waals surface area contributed by atoms with Gasteiger partial charge in [0.25, 0.3) is 0 Å². The molecule has 2 rings (SSSR count). The van der Waals surface area contributed by atoms with Crippen LogP contribution in [0, 0.1) is 0 Å². The van der Waals surface area contributed by atoms with Gasteiger partial charge in [-0.05, 0) is 19.1 Å². The summed E-state index contributed by atoms with van der Waals surface area (Å²) in [4.78, 5) is 17.7. The van der Waals surface area contributed by atoms with Crippen LogP contribution < -0.4 is 20.7 Å². The van der Waals surface area contributed by atoms with E-state index in [4.69, 9.17) is 10.5 Å². The highest BCUT2D eigenvalue weighted by Crippen LogP contribution is 2.27. The highest BCUT2D eigenvalue weighted by atomic mass is 16.5. The van der Waals surface area contributed by atoms with Crippen LogP contribution in [0.15, 0.2) is 18.3 Å². The number of carbonyl (C=O) groups excluding carboxylic acids is 1. The minimum absolute atomic E-state index is 0.352. The molecule has 1 fully saturated rings. The highest BCUT2D eigenvalue weighted by Gasteiger charge is 2.29. The van der Waals surface area contributed by atoms with Crippen molar-refractivity contribution in [2.45, 2.75) is 13.0 Å². The van der Waals surface area contributed by atoms with E-state index < -0.39 is 0 Å². The van der Waals surface area contributed by atoms with Crippen molar-refractivity contribution in [3.63, 3.8) is 0 Å². The summed E-state index contributed by atoms with van der Waals surface area (Å²) in [5.74, 6) is 1.02. The van der Waals surface area contributed by atoms with Gasteiger partial charge in [0.2, 0.25) is 5.91 Å². The summed E-state index contributed by atoms with van der Waals surface area (Å²) in [6.07, 6.45) is 1.69. The number of rotatable bonds is 4. The van der Waals surface area contributed by atoms with E-state index in [0.29, 0.717) is 31.3 Å². The number of aromatic nitrogens is 1. The fourth-order valence-electron chi connectivity index (χ4n) is 2.08. The second kappa shape index (κ2) is 5.68. The number of anilines is 1. The number of amides is 1. The predicted octanol–water partition coefficient (Wildman–Crippen LogP) is -0.256. The lowest BCUT2D eigenvalue weighted by Crippen LogP contribution is -2.57. The summed E-state index contributed by atoms with van der Waals surface area (Å²) >= 11 is 0. The van der Waals surface area contributed by atoms with E-state index in [2.05, 4.69) is 10.3 Å². The molecule has 0 bridgehead atoms. The standard InChI is InChI=1S/C12H18N4O2/c1-2-18-10-4-3-5-15-12(10)16-7-6-14-8-9(16)11(13)17/h3-5,9,14H,2,6-8H2,1H3,(H2,13,17). The Morgan fingerprint density at radius 2 is 2.56 bits per heavy atom. The van der Waals surface area contributed by atoms with E-state index in [9.17, 15) is 4.79 Å². The van der Waals surface area contributed by atoms with Gasteiger partial charge in [-0.15, -0.1) is 0 Å². The number of carbonyl (C=O) groups is 1. The smallest absolute Gasteiger partial charge is 0.241 e. The van der Waals surface area contributed by atoms with Crippen LogP contribution in [0.3, 0.4) is 0 Å². The molecule has 1 saturated heterocycles. The molecule has 3 N–H and O–H groups in total. The van der Waals surface area contributed by atoms with E-state index in [1.165, 1.54) is 0 Å². The maximum absolute atomic E-state index is 11.5. The molecule has 18 heavy (non-hydrogen) atoms. The molecule has 1 aromatic rings. The molecule has 1 amide bonds. The van der Waals surface area contributed by atoms with Gasteiger partial charge in [0.05, 0.1) is 6.61 Å². The Balaban J connectivity index is 2.30. The SMILES string of the molecule is CCOc1cccnc1N1CCNCC1C(N)=O. The molecule has 0 aliphatic carbocycles. The summed E-state index contributed by atoms with van der Waals surface area (Å²) < 4.78 is 5.54. The van der Waals surface area contributed by atoms with Crippen molar-refractivity contribution in [2.75, 3.05) is 31.1 Å². The number of pyridine rings is 1. The van der Waals surface area contributed by atoms with Gasteiger partial charge in [-0.2, -0.15) is 0 Å². The van der Waals surface area contributed by atoms with E-state index in [1.54, 1.807) is 6.20 Å². The van der Waals surface area contributed by atoms with Crippen molar-refractivity contribution in [2.24, 2.45) is 5.73 Å². The molecule has 1 aliphatic rings. The van der Waals surface area contributed by atoms with Crippen LogP contribution in [0.5, 0.6) is 5.75 Å². The number of ether oxygens (including phenoxy) is 1. The quantitative estimate of drug-likeness (QED) is 0.770. The molecule has 0 spiro atoms. The molecule has 6 heteroatoms. The van der Waals surface area contributed by atoms with Gasteiger partial charge >= 0.3 is 0 Å². The lowest BCUT2D eigenvalue weighted by atomic mass is 10.1. The lowest BCUT2D eigenvalue weighted by molar-refractivity contribution is -0.119. The Kier molecular flexibility index (Phi) is 3.99. The third kappa shape index (κ3) is 2.53. The Bertz CT molecular complexity index is 424. The molecule has 1 aromatic heterocycles. The third-order valence-corrected chi connectivity index (χ3v) is 2.89. The van der Waals surface area contributed by atoms with Gasteiger partial charge in [-0.1, -0.05) is 0 Å². The van der Waals surface area contributed by atoms with Crippen molar-refractivity contribution in [1.29, 1.82) is 0 Å². The van der Waals surface area contributed by atoms with E-state index in [1.807, 2.05) is 24.0 Å². The number of primary amides is 1. The number of piperazine rings is 1. The Morgan fingerprint density at radius 1 is 1.72 bits per heavy atom. The summed E-state index contributed by atoms with van der Waals surface area (Å²) in [6, 6.07) is 3.29. The number of nitrogens with one attached hydrogen (secondary N) is 1. The normalized spacial score (nSPS) is 19.6. The second-order valence-corrected chi connectivity index (χ2v) is 4.07. The summed E-state index contributed by atoms with van der Waals surface area (Å²) in [6.45, 7) is 4.50. The predicted molar refractivity (Wildman–Crippen MR) is 68.6 cm³/mol. The Morgan fingerprint density at radius 3 is 3.28 bits per heavy atom. The molecule has 1 aliphatic heterocycles. The van der Waals surface area contributed by atoms with Gasteiger partial charge in [0.15, 0.2) is 11.6 Å². The van der Waals surface area contributed by atoms with Crippen LogP contribution in [0.4, 0.5) is 5.82 Å². The minimum Gasteiger partial charge on any atom is -0.490 e. The van der Waals surface area contributed by atoms with Crippen LogP contribution in [0.1, 0.15) is 6.92 Å². The van der Waals surface area contributed by atoms with Crippen molar-refractivity contribution in [1.82, 2.24) is 10.3 Å². The summed E-state index contributed by atoms with van der Waals surface area (Å²) in [5, 5.41) is 3.16. The minimum atomic E-state index is -0.382. The highest BCUT2D eigenvalue weighted by molar-refractivity contribution is 5.84. The van der Waals surface area contributed by atoms with Gasteiger partial charge in [0.1, 0.15) is 6.04 Å². The number of hydrogen-bond acceptors (Lipinski definition) is 5.